The molecule has 0 aromatic rings. The first-order chi connectivity index (χ1) is 9.33. The van der Waals surface area contributed by atoms with Crippen LogP contribution in [-0.4, -0.2) is 25.8 Å². The van der Waals surface area contributed by atoms with Crippen molar-refractivity contribution in [2.24, 2.45) is 17.8 Å². The van der Waals surface area contributed by atoms with Crippen molar-refractivity contribution in [3.05, 3.63) is 0 Å². The van der Waals surface area contributed by atoms with Gasteiger partial charge < -0.3 is 10.1 Å². The fourth-order valence-electron chi connectivity index (χ4n) is 3.90. The third-order valence-electron chi connectivity index (χ3n) is 5.31. The van der Waals surface area contributed by atoms with Crippen LogP contribution in [0.4, 0.5) is 0 Å². The summed E-state index contributed by atoms with van der Waals surface area (Å²) in [7, 11) is 0. The summed E-state index contributed by atoms with van der Waals surface area (Å²) in [6.07, 6.45) is 11.1. The van der Waals surface area contributed by atoms with Gasteiger partial charge in [-0.2, -0.15) is 0 Å². The third-order valence-corrected chi connectivity index (χ3v) is 5.31. The average Bonchev–Trinajstić information content (AvgIpc) is 2.96. The summed E-state index contributed by atoms with van der Waals surface area (Å²) < 4.78 is 5.56. The maximum Gasteiger partial charge on any atom is 0.0495 e. The SMILES string of the molecule is CCCNC(CC1CCOC1)C1CCC(CC)CC1. The van der Waals surface area contributed by atoms with Crippen LogP contribution in [0.1, 0.15) is 65.2 Å². The summed E-state index contributed by atoms with van der Waals surface area (Å²) in [6, 6.07) is 0.754. The van der Waals surface area contributed by atoms with Crippen molar-refractivity contribution >= 4 is 0 Å². The van der Waals surface area contributed by atoms with Gasteiger partial charge in [0.15, 0.2) is 0 Å². The Morgan fingerprint density at radius 2 is 1.84 bits per heavy atom. The van der Waals surface area contributed by atoms with Gasteiger partial charge in [-0.05, 0) is 56.4 Å². The van der Waals surface area contributed by atoms with Gasteiger partial charge in [-0.1, -0.05) is 33.1 Å². The molecule has 0 bridgehead atoms. The summed E-state index contributed by atoms with van der Waals surface area (Å²) in [6.45, 7) is 7.82. The van der Waals surface area contributed by atoms with E-state index >= 15 is 0 Å². The lowest BCUT2D eigenvalue weighted by Crippen LogP contribution is -2.40. The number of nitrogens with one attached hydrogen (secondary N) is 1. The Bertz CT molecular complexity index is 229. The van der Waals surface area contributed by atoms with E-state index in [0.29, 0.717) is 0 Å². The number of ether oxygens (including phenoxy) is 1. The van der Waals surface area contributed by atoms with Crippen LogP contribution in [0, 0.1) is 17.8 Å². The molecule has 0 aromatic heterocycles. The van der Waals surface area contributed by atoms with Gasteiger partial charge in [0.1, 0.15) is 0 Å². The maximum atomic E-state index is 5.56. The van der Waals surface area contributed by atoms with Crippen molar-refractivity contribution in [1.29, 1.82) is 0 Å². The highest BCUT2D eigenvalue weighted by molar-refractivity contribution is 4.84. The van der Waals surface area contributed by atoms with Crippen LogP contribution in [0.2, 0.25) is 0 Å². The Hall–Kier alpha value is -0.0800. The molecule has 2 unspecified atom stereocenters. The Morgan fingerprint density at radius 3 is 2.42 bits per heavy atom. The Balaban J connectivity index is 1.81. The van der Waals surface area contributed by atoms with Crippen molar-refractivity contribution in [2.75, 3.05) is 19.8 Å². The molecule has 1 aliphatic heterocycles. The first-order valence-corrected chi connectivity index (χ1v) is 8.64. The zero-order chi connectivity index (χ0) is 13.5. The molecular weight excluding hydrogens is 234 g/mol. The third kappa shape index (κ3) is 4.75. The molecule has 19 heavy (non-hydrogen) atoms. The van der Waals surface area contributed by atoms with Gasteiger partial charge in [0.2, 0.25) is 0 Å². The van der Waals surface area contributed by atoms with Crippen molar-refractivity contribution < 1.29 is 4.74 Å². The predicted octanol–water partition coefficient (Wildman–Crippen LogP) is 4.00. The number of hydrogen-bond acceptors (Lipinski definition) is 2. The molecule has 112 valence electrons. The fourth-order valence-corrected chi connectivity index (χ4v) is 3.90. The monoisotopic (exact) mass is 267 g/mol. The molecular formula is C17H33NO. The minimum absolute atomic E-state index is 0.754. The van der Waals surface area contributed by atoms with E-state index in [1.807, 2.05) is 0 Å². The van der Waals surface area contributed by atoms with E-state index in [4.69, 9.17) is 4.74 Å². The molecule has 2 aliphatic rings. The summed E-state index contributed by atoms with van der Waals surface area (Å²) in [5.74, 6) is 2.76. The second-order valence-electron chi connectivity index (χ2n) is 6.71. The molecule has 0 aromatic carbocycles. The smallest absolute Gasteiger partial charge is 0.0495 e. The van der Waals surface area contributed by atoms with Crippen LogP contribution in [0.25, 0.3) is 0 Å². The molecule has 2 rings (SSSR count). The molecule has 1 N–H and O–H groups in total. The molecule has 2 atom stereocenters. The molecule has 2 fully saturated rings. The Kier molecular flexibility index (Phi) is 6.66. The standard InChI is InChI=1S/C17H33NO/c1-3-10-18-17(12-15-9-11-19-13-15)16-7-5-14(4-2)6-8-16/h14-18H,3-13H2,1-2H3. The summed E-state index contributed by atoms with van der Waals surface area (Å²) in [4.78, 5) is 0. The quantitative estimate of drug-likeness (QED) is 0.753. The van der Waals surface area contributed by atoms with Gasteiger partial charge in [0, 0.05) is 19.3 Å². The number of rotatable bonds is 7. The van der Waals surface area contributed by atoms with Crippen molar-refractivity contribution in [3.8, 4) is 0 Å². The van der Waals surface area contributed by atoms with E-state index < -0.39 is 0 Å². The van der Waals surface area contributed by atoms with Gasteiger partial charge in [0.05, 0.1) is 0 Å². The second-order valence-corrected chi connectivity index (χ2v) is 6.71. The Morgan fingerprint density at radius 1 is 1.05 bits per heavy atom. The molecule has 1 saturated heterocycles. The minimum Gasteiger partial charge on any atom is -0.381 e. The molecule has 1 aliphatic carbocycles. The highest BCUT2D eigenvalue weighted by Gasteiger charge is 2.29. The lowest BCUT2D eigenvalue weighted by Gasteiger charge is -2.35. The fraction of sp³-hybridized carbons (Fsp3) is 1.00. The normalized spacial score (nSPS) is 33.5. The van der Waals surface area contributed by atoms with Gasteiger partial charge in [-0.3, -0.25) is 0 Å². The summed E-state index contributed by atoms with van der Waals surface area (Å²) in [5.41, 5.74) is 0. The van der Waals surface area contributed by atoms with Crippen LogP contribution in [0.15, 0.2) is 0 Å². The van der Waals surface area contributed by atoms with Crippen LogP contribution < -0.4 is 5.32 Å². The largest absolute Gasteiger partial charge is 0.381 e. The van der Waals surface area contributed by atoms with Crippen LogP contribution in [0.3, 0.4) is 0 Å². The molecule has 0 radical (unpaired) electrons. The van der Waals surface area contributed by atoms with E-state index in [2.05, 4.69) is 19.2 Å². The highest BCUT2D eigenvalue weighted by atomic mass is 16.5. The van der Waals surface area contributed by atoms with E-state index in [9.17, 15) is 0 Å². The van der Waals surface area contributed by atoms with Crippen molar-refractivity contribution in [3.63, 3.8) is 0 Å². The van der Waals surface area contributed by atoms with Crippen molar-refractivity contribution in [1.82, 2.24) is 5.32 Å². The summed E-state index contributed by atoms with van der Waals surface area (Å²) >= 11 is 0. The molecule has 0 amide bonds. The van der Waals surface area contributed by atoms with Crippen molar-refractivity contribution in [2.45, 2.75) is 71.3 Å². The van der Waals surface area contributed by atoms with Gasteiger partial charge in [0.25, 0.3) is 0 Å². The van der Waals surface area contributed by atoms with Crippen LogP contribution in [0.5, 0.6) is 0 Å². The predicted molar refractivity (Wildman–Crippen MR) is 81.4 cm³/mol. The lowest BCUT2D eigenvalue weighted by molar-refractivity contribution is 0.165. The van der Waals surface area contributed by atoms with E-state index in [-0.39, 0.29) is 0 Å². The van der Waals surface area contributed by atoms with E-state index in [1.54, 1.807) is 0 Å². The van der Waals surface area contributed by atoms with Gasteiger partial charge in [-0.25, -0.2) is 0 Å². The van der Waals surface area contributed by atoms with E-state index in [0.717, 1.165) is 37.0 Å². The van der Waals surface area contributed by atoms with Crippen LogP contribution >= 0.6 is 0 Å². The van der Waals surface area contributed by atoms with E-state index in [1.165, 1.54) is 57.9 Å². The number of hydrogen-bond donors (Lipinski definition) is 1. The molecule has 1 heterocycles. The maximum absolute atomic E-state index is 5.56. The van der Waals surface area contributed by atoms with Gasteiger partial charge >= 0.3 is 0 Å². The zero-order valence-electron chi connectivity index (χ0n) is 13.0. The van der Waals surface area contributed by atoms with Gasteiger partial charge in [-0.15, -0.1) is 0 Å². The minimum atomic E-state index is 0.754. The lowest BCUT2D eigenvalue weighted by atomic mass is 9.75. The molecule has 1 saturated carbocycles. The molecule has 2 nitrogen and oxygen atoms in total. The highest BCUT2D eigenvalue weighted by Crippen LogP contribution is 2.35. The van der Waals surface area contributed by atoms with Crippen LogP contribution in [-0.2, 0) is 4.74 Å². The first kappa shape index (κ1) is 15.3. The second kappa shape index (κ2) is 8.26. The average molecular weight is 267 g/mol. The Labute approximate surface area is 119 Å². The summed E-state index contributed by atoms with van der Waals surface area (Å²) in [5, 5.41) is 3.84. The molecule has 2 heteroatoms. The first-order valence-electron chi connectivity index (χ1n) is 8.64. The zero-order valence-corrected chi connectivity index (χ0v) is 13.0. The topological polar surface area (TPSA) is 21.3 Å². The molecule has 0 spiro atoms.